The van der Waals surface area contributed by atoms with Crippen molar-refractivity contribution in [2.75, 3.05) is 5.73 Å². The molecule has 10 nitrogen and oxygen atoms in total. The number of H-pyrrole nitrogens is 1. The molecular formula is C19H19N9O. The zero-order valence-electron chi connectivity index (χ0n) is 15.7. The van der Waals surface area contributed by atoms with E-state index in [1.54, 1.807) is 6.20 Å². The minimum Gasteiger partial charge on any atom is -0.367 e. The van der Waals surface area contributed by atoms with Crippen molar-refractivity contribution in [3.05, 3.63) is 60.0 Å². The predicted octanol–water partition coefficient (Wildman–Crippen LogP) is 1.33. The van der Waals surface area contributed by atoms with E-state index in [0.717, 1.165) is 28.2 Å². The number of aromatic amines is 1. The monoisotopic (exact) mass is 389 g/mol. The van der Waals surface area contributed by atoms with Crippen LogP contribution in [0, 0.1) is 6.92 Å². The number of anilines is 1. The Kier molecular flexibility index (Phi) is 4.97. The lowest BCUT2D eigenvalue weighted by Crippen LogP contribution is -2.28. The summed E-state index contributed by atoms with van der Waals surface area (Å²) in [5.41, 5.74) is 10.1. The van der Waals surface area contributed by atoms with E-state index in [1.165, 1.54) is 4.68 Å². The largest absolute Gasteiger partial charge is 0.367 e. The average molecular weight is 389 g/mol. The number of hydrogen-bond acceptors (Lipinski definition) is 7. The van der Waals surface area contributed by atoms with E-state index in [0.29, 0.717) is 5.82 Å². The molecule has 3 heterocycles. The van der Waals surface area contributed by atoms with Gasteiger partial charge in [0.2, 0.25) is 11.9 Å². The van der Waals surface area contributed by atoms with Gasteiger partial charge >= 0.3 is 0 Å². The molecule has 0 aliphatic heterocycles. The average Bonchev–Trinajstić information content (AvgIpc) is 3.34. The molecule has 1 aromatic carbocycles. The van der Waals surface area contributed by atoms with Crippen LogP contribution in [-0.2, 0) is 17.9 Å². The van der Waals surface area contributed by atoms with Gasteiger partial charge in [-0.3, -0.25) is 9.78 Å². The van der Waals surface area contributed by atoms with Crippen molar-refractivity contribution in [2.45, 2.75) is 20.0 Å². The molecule has 4 N–H and O–H groups in total. The van der Waals surface area contributed by atoms with E-state index in [1.807, 2.05) is 49.4 Å². The lowest BCUT2D eigenvalue weighted by molar-refractivity contribution is -0.122. The number of aryl methyl sites for hydroxylation is 1. The third-order valence-corrected chi connectivity index (χ3v) is 4.30. The molecule has 0 spiro atoms. The van der Waals surface area contributed by atoms with Crippen LogP contribution in [0.25, 0.3) is 22.6 Å². The number of nitrogens with one attached hydrogen (secondary N) is 2. The molecule has 0 unspecified atom stereocenters. The summed E-state index contributed by atoms with van der Waals surface area (Å²) >= 11 is 0. The number of amides is 1. The first kappa shape index (κ1) is 18.3. The van der Waals surface area contributed by atoms with E-state index in [-0.39, 0.29) is 24.9 Å². The number of pyridine rings is 1. The van der Waals surface area contributed by atoms with Crippen molar-refractivity contribution in [3.8, 4) is 22.6 Å². The first-order valence-electron chi connectivity index (χ1n) is 8.96. The number of aromatic nitrogens is 7. The maximum atomic E-state index is 12.2. The van der Waals surface area contributed by atoms with Crippen LogP contribution in [-0.4, -0.2) is 41.1 Å². The van der Waals surface area contributed by atoms with Crippen molar-refractivity contribution in [2.24, 2.45) is 0 Å². The molecule has 0 aliphatic rings. The van der Waals surface area contributed by atoms with Crippen LogP contribution < -0.4 is 11.1 Å². The van der Waals surface area contributed by atoms with Crippen molar-refractivity contribution in [3.63, 3.8) is 0 Å². The molecule has 29 heavy (non-hydrogen) atoms. The Morgan fingerprint density at radius 3 is 2.72 bits per heavy atom. The van der Waals surface area contributed by atoms with Gasteiger partial charge in [-0.25, -0.2) is 9.67 Å². The predicted molar refractivity (Wildman–Crippen MR) is 106 cm³/mol. The number of nitrogens with two attached hydrogens (primary N) is 1. The lowest BCUT2D eigenvalue weighted by Gasteiger charge is -2.03. The van der Waals surface area contributed by atoms with Crippen LogP contribution in [0.5, 0.6) is 0 Å². The highest BCUT2D eigenvalue weighted by molar-refractivity contribution is 5.77. The molecule has 0 fully saturated rings. The highest BCUT2D eigenvalue weighted by atomic mass is 16.2. The summed E-state index contributed by atoms with van der Waals surface area (Å²) in [5.74, 6) is 0.410. The van der Waals surface area contributed by atoms with E-state index in [2.05, 4.69) is 30.8 Å². The van der Waals surface area contributed by atoms with Crippen molar-refractivity contribution in [1.29, 1.82) is 0 Å². The van der Waals surface area contributed by atoms with Crippen molar-refractivity contribution >= 4 is 11.9 Å². The van der Waals surface area contributed by atoms with Crippen LogP contribution >= 0.6 is 0 Å². The third-order valence-electron chi connectivity index (χ3n) is 4.30. The Morgan fingerprint density at radius 2 is 2.03 bits per heavy atom. The van der Waals surface area contributed by atoms with Gasteiger partial charge < -0.3 is 16.0 Å². The molecule has 0 bridgehead atoms. The van der Waals surface area contributed by atoms with Crippen LogP contribution in [0.15, 0.2) is 48.7 Å². The maximum absolute atomic E-state index is 12.2. The molecule has 0 aliphatic carbocycles. The Bertz CT molecular complexity index is 1120. The van der Waals surface area contributed by atoms with Gasteiger partial charge in [-0.1, -0.05) is 41.0 Å². The smallest absolute Gasteiger partial charge is 0.242 e. The van der Waals surface area contributed by atoms with Gasteiger partial charge in [0, 0.05) is 11.8 Å². The molecule has 0 saturated carbocycles. The zero-order valence-corrected chi connectivity index (χ0v) is 15.7. The fourth-order valence-corrected chi connectivity index (χ4v) is 2.82. The second-order valence-electron chi connectivity index (χ2n) is 6.46. The standard InChI is InChI=1S/C19H19N9O/c1-12-5-7-13(8-6-12)17-18(14-4-2-3-9-21-14)24-15(23-17)10-22-16(29)11-28-19(20)25-26-27-28/h2-9H,10-11H2,1H3,(H,22,29)(H,23,24)(H2,20,25,27). The number of hydrogen-bond donors (Lipinski definition) is 3. The summed E-state index contributed by atoms with van der Waals surface area (Å²) < 4.78 is 1.22. The second kappa shape index (κ2) is 7.89. The van der Waals surface area contributed by atoms with Crippen molar-refractivity contribution < 1.29 is 4.79 Å². The van der Waals surface area contributed by atoms with Gasteiger partial charge in [-0.2, -0.15) is 0 Å². The Balaban J connectivity index is 1.57. The van der Waals surface area contributed by atoms with Crippen LogP contribution in [0.4, 0.5) is 5.95 Å². The van der Waals surface area contributed by atoms with Gasteiger partial charge in [-0.05, 0) is 29.5 Å². The Morgan fingerprint density at radius 1 is 1.21 bits per heavy atom. The summed E-state index contributed by atoms with van der Waals surface area (Å²) in [6.07, 6.45) is 1.73. The molecular weight excluding hydrogens is 370 g/mol. The number of carbonyl (C=O) groups excluding carboxylic acids is 1. The number of tetrazole rings is 1. The Hall–Kier alpha value is -4.08. The topological polar surface area (TPSA) is 140 Å². The van der Waals surface area contributed by atoms with Crippen molar-refractivity contribution in [1.82, 2.24) is 40.5 Å². The van der Waals surface area contributed by atoms with E-state index >= 15 is 0 Å². The summed E-state index contributed by atoms with van der Waals surface area (Å²) in [6, 6.07) is 13.8. The molecule has 4 rings (SSSR count). The van der Waals surface area contributed by atoms with Crippen LogP contribution in [0.3, 0.4) is 0 Å². The van der Waals surface area contributed by atoms with Gasteiger partial charge in [-0.15, -0.1) is 0 Å². The first-order chi connectivity index (χ1) is 14.1. The highest BCUT2D eigenvalue weighted by Gasteiger charge is 2.16. The first-order valence-corrected chi connectivity index (χ1v) is 8.96. The lowest BCUT2D eigenvalue weighted by atomic mass is 10.1. The minimum atomic E-state index is -0.281. The number of rotatable bonds is 6. The molecule has 0 atom stereocenters. The van der Waals surface area contributed by atoms with E-state index in [4.69, 9.17) is 10.7 Å². The maximum Gasteiger partial charge on any atom is 0.242 e. The zero-order chi connectivity index (χ0) is 20.2. The molecule has 146 valence electrons. The molecule has 4 aromatic rings. The molecule has 1 amide bonds. The van der Waals surface area contributed by atoms with Gasteiger partial charge in [0.15, 0.2) is 0 Å². The third kappa shape index (κ3) is 4.10. The van der Waals surface area contributed by atoms with E-state index in [9.17, 15) is 4.79 Å². The summed E-state index contributed by atoms with van der Waals surface area (Å²) in [7, 11) is 0. The molecule has 0 radical (unpaired) electrons. The van der Waals surface area contributed by atoms with Gasteiger partial charge in [0.25, 0.3) is 0 Å². The number of nitrogen functional groups attached to an aromatic ring is 1. The Labute approximate surface area is 166 Å². The summed E-state index contributed by atoms with van der Waals surface area (Å²) in [4.78, 5) is 24.6. The number of carbonyl (C=O) groups is 1. The van der Waals surface area contributed by atoms with Crippen LogP contribution in [0.2, 0.25) is 0 Å². The van der Waals surface area contributed by atoms with Crippen LogP contribution in [0.1, 0.15) is 11.4 Å². The van der Waals surface area contributed by atoms with Gasteiger partial charge in [0.1, 0.15) is 12.4 Å². The molecule has 3 aromatic heterocycles. The SMILES string of the molecule is Cc1ccc(-c2nc(CNC(=O)Cn3nnnc3N)[nH]c2-c2ccccn2)cc1. The molecule has 0 saturated heterocycles. The summed E-state index contributed by atoms with van der Waals surface area (Å²) in [6.45, 7) is 2.18. The fraction of sp³-hybridized carbons (Fsp3) is 0.158. The van der Waals surface area contributed by atoms with E-state index < -0.39 is 0 Å². The highest BCUT2D eigenvalue weighted by Crippen LogP contribution is 2.29. The number of benzene rings is 1. The number of imidazole rings is 1. The minimum absolute atomic E-state index is 0.0720. The summed E-state index contributed by atoms with van der Waals surface area (Å²) in [5, 5.41) is 13.4. The second-order valence-corrected chi connectivity index (χ2v) is 6.46. The normalized spacial score (nSPS) is 10.8. The fourth-order valence-electron chi connectivity index (χ4n) is 2.82. The van der Waals surface area contributed by atoms with Gasteiger partial charge in [0.05, 0.1) is 23.6 Å². The molecule has 10 heteroatoms. The number of nitrogens with zero attached hydrogens (tertiary/aromatic N) is 6. The quantitative estimate of drug-likeness (QED) is 0.452.